The van der Waals surface area contributed by atoms with E-state index in [-0.39, 0.29) is 24.5 Å². The maximum atomic E-state index is 12.1. The molecule has 2 heterocycles. The van der Waals surface area contributed by atoms with Crippen molar-refractivity contribution in [1.29, 1.82) is 0 Å². The Morgan fingerprint density at radius 2 is 2.30 bits per heavy atom. The molecular weight excluding hydrogens is 258 g/mol. The van der Waals surface area contributed by atoms with Gasteiger partial charge in [-0.3, -0.25) is 9.59 Å². The smallest absolute Gasteiger partial charge is 0.248 e. The van der Waals surface area contributed by atoms with E-state index in [1.165, 1.54) is 0 Å². The molecule has 0 bridgehead atoms. The maximum absolute atomic E-state index is 12.1. The number of nitrogens with one attached hydrogen (secondary N) is 1. The minimum absolute atomic E-state index is 0.0470. The van der Waals surface area contributed by atoms with Gasteiger partial charge in [-0.15, -0.1) is 0 Å². The summed E-state index contributed by atoms with van der Waals surface area (Å²) >= 11 is 0. The number of piperidine rings is 1. The van der Waals surface area contributed by atoms with Crippen molar-refractivity contribution in [2.75, 3.05) is 45.9 Å². The van der Waals surface area contributed by atoms with Gasteiger partial charge in [-0.05, 0) is 19.3 Å². The largest absolute Gasteiger partial charge is 0.372 e. The first-order valence-corrected chi connectivity index (χ1v) is 7.58. The van der Waals surface area contributed by atoms with Gasteiger partial charge >= 0.3 is 0 Å². The Bertz CT molecular complexity index is 349. The normalized spacial score (nSPS) is 24.1. The van der Waals surface area contributed by atoms with E-state index in [9.17, 15) is 9.59 Å². The number of hydrogen-bond acceptors (Lipinski definition) is 4. The van der Waals surface area contributed by atoms with Crippen molar-refractivity contribution in [2.24, 2.45) is 0 Å². The third-order valence-corrected chi connectivity index (χ3v) is 3.89. The predicted octanol–water partition coefficient (Wildman–Crippen LogP) is -0.164. The highest BCUT2D eigenvalue weighted by molar-refractivity contribution is 5.80. The summed E-state index contributed by atoms with van der Waals surface area (Å²) in [5, 5.41) is 3.08. The molecule has 2 aliphatic rings. The zero-order chi connectivity index (χ0) is 14.4. The number of carbonyl (C=O) groups is 2. The number of rotatable bonds is 5. The average Bonchev–Trinajstić information content (AvgIpc) is 2.48. The summed E-state index contributed by atoms with van der Waals surface area (Å²) in [6.07, 6.45) is 2.87. The van der Waals surface area contributed by atoms with Gasteiger partial charge in [-0.1, -0.05) is 6.92 Å². The minimum atomic E-state index is 0.0470. The molecule has 0 saturated carbocycles. The van der Waals surface area contributed by atoms with Gasteiger partial charge in [0.2, 0.25) is 11.8 Å². The maximum Gasteiger partial charge on any atom is 0.248 e. The topological polar surface area (TPSA) is 61.9 Å². The van der Waals surface area contributed by atoms with E-state index in [2.05, 4.69) is 5.32 Å². The standard InChI is InChI=1S/C14H25N3O3/c1-2-8-20-11-14(19)16-6-3-4-12(10-16)17-7-5-15-9-13(17)18/h12,15H,2-11H2,1H3. The van der Waals surface area contributed by atoms with Crippen LogP contribution >= 0.6 is 0 Å². The van der Waals surface area contributed by atoms with Crippen LogP contribution in [0.2, 0.25) is 0 Å². The van der Waals surface area contributed by atoms with Crippen LogP contribution in [0.1, 0.15) is 26.2 Å². The van der Waals surface area contributed by atoms with Crippen LogP contribution in [-0.2, 0) is 14.3 Å². The van der Waals surface area contributed by atoms with Crippen molar-refractivity contribution in [3.05, 3.63) is 0 Å². The summed E-state index contributed by atoms with van der Waals surface area (Å²) in [4.78, 5) is 27.8. The third-order valence-electron chi connectivity index (χ3n) is 3.89. The number of ether oxygens (including phenoxy) is 1. The van der Waals surface area contributed by atoms with E-state index in [1.54, 1.807) is 0 Å². The Morgan fingerprint density at radius 3 is 3.05 bits per heavy atom. The zero-order valence-corrected chi connectivity index (χ0v) is 12.3. The van der Waals surface area contributed by atoms with E-state index < -0.39 is 0 Å². The van der Waals surface area contributed by atoms with Crippen LogP contribution in [0.5, 0.6) is 0 Å². The summed E-state index contributed by atoms with van der Waals surface area (Å²) in [6, 6.07) is 0.175. The average molecular weight is 283 g/mol. The molecule has 2 rings (SSSR count). The first-order valence-electron chi connectivity index (χ1n) is 7.58. The number of nitrogens with zero attached hydrogens (tertiary/aromatic N) is 2. The molecule has 114 valence electrons. The quantitative estimate of drug-likeness (QED) is 0.712. The molecule has 0 radical (unpaired) electrons. The molecular formula is C14H25N3O3. The van der Waals surface area contributed by atoms with Crippen molar-refractivity contribution in [1.82, 2.24) is 15.1 Å². The molecule has 1 atom stereocenters. The summed E-state index contributed by atoms with van der Waals surface area (Å²) in [7, 11) is 0. The lowest BCUT2D eigenvalue weighted by molar-refractivity contribution is -0.143. The number of carbonyl (C=O) groups excluding carboxylic acids is 2. The molecule has 6 heteroatoms. The second kappa shape index (κ2) is 7.59. The van der Waals surface area contributed by atoms with E-state index in [1.807, 2.05) is 16.7 Å². The Morgan fingerprint density at radius 1 is 1.45 bits per heavy atom. The Labute approximate surface area is 120 Å². The third kappa shape index (κ3) is 3.93. The molecule has 0 aromatic heterocycles. The minimum Gasteiger partial charge on any atom is -0.372 e. The number of likely N-dealkylation sites (tertiary alicyclic amines) is 1. The van der Waals surface area contributed by atoms with E-state index in [4.69, 9.17) is 4.74 Å². The van der Waals surface area contributed by atoms with Gasteiger partial charge in [0.1, 0.15) is 6.61 Å². The summed E-state index contributed by atoms with van der Waals surface area (Å²) in [6.45, 7) is 6.26. The van der Waals surface area contributed by atoms with Crippen molar-refractivity contribution in [3.8, 4) is 0 Å². The fourth-order valence-electron chi connectivity index (χ4n) is 2.84. The van der Waals surface area contributed by atoms with Crippen LogP contribution in [0.4, 0.5) is 0 Å². The Hall–Kier alpha value is -1.14. The molecule has 2 fully saturated rings. The van der Waals surface area contributed by atoms with Gasteiger partial charge in [-0.25, -0.2) is 0 Å². The summed E-state index contributed by atoms with van der Waals surface area (Å²) in [5.74, 6) is 0.198. The first-order chi connectivity index (χ1) is 9.72. The molecule has 20 heavy (non-hydrogen) atoms. The number of amides is 2. The molecule has 0 aliphatic carbocycles. The fourth-order valence-corrected chi connectivity index (χ4v) is 2.84. The predicted molar refractivity (Wildman–Crippen MR) is 75.3 cm³/mol. The molecule has 2 amide bonds. The lowest BCUT2D eigenvalue weighted by atomic mass is 10.0. The molecule has 1 N–H and O–H groups in total. The zero-order valence-electron chi connectivity index (χ0n) is 12.3. The Kier molecular flexibility index (Phi) is 5.79. The second-order valence-electron chi connectivity index (χ2n) is 5.45. The van der Waals surface area contributed by atoms with Gasteiger partial charge < -0.3 is 19.9 Å². The highest BCUT2D eigenvalue weighted by atomic mass is 16.5. The van der Waals surface area contributed by atoms with Crippen LogP contribution in [-0.4, -0.2) is 73.6 Å². The van der Waals surface area contributed by atoms with Crippen LogP contribution in [0, 0.1) is 0 Å². The summed E-state index contributed by atoms with van der Waals surface area (Å²) < 4.78 is 5.32. The van der Waals surface area contributed by atoms with Crippen molar-refractivity contribution in [3.63, 3.8) is 0 Å². The molecule has 1 unspecified atom stereocenters. The highest BCUT2D eigenvalue weighted by Gasteiger charge is 2.31. The van der Waals surface area contributed by atoms with Gasteiger partial charge in [0.05, 0.1) is 6.54 Å². The van der Waals surface area contributed by atoms with Crippen molar-refractivity contribution >= 4 is 11.8 Å². The first kappa shape index (κ1) is 15.3. The van der Waals surface area contributed by atoms with Gasteiger partial charge in [0, 0.05) is 38.8 Å². The molecule has 0 spiro atoms. The van der Waals surface area contributed by atoms with E-state index in [0.717, 1.165) is 38.9 Å². The summed E-state index contributed by atoms with van der Waals surface area (Å²) in [5.41, 5.74) is 0. The molecule has 0 aromatic rings. The van der Waals surface area contributed by atoms with E-state index >= 15 is 0 Å². The van der Waals surface area contributed by atoms with E-state index in [0.29, 0.717) is 19.7 Å². The molecule has 6 nitrogen and oxygen atoms in total. The van der Waals surface area contributed by atoms with Crippen LogP contribution < -0.4 is 5.32 Å². The lowest BCUT2D eigenvalue weighted by Gasteiger charge is -2.41. The van der Waals surface area contributed by atoms with Gasteiger partial charge in [0.25, 0.3) is 0 Å². The van der Waals surface area contributed by atoms with Gasteiger partial charge in [0.15, 0.2) is 0 Å². The monoisotopic (exact) mass is 283 g/mol. The highest BCUT2D eigenvalue weighted by Crippen LogP contribution is 2.17. The fraction of sp³-hybridized carbons (Fsp3) is 0.857. The molecule has 0 aromatic carbocycles. The van der Waals surface area contributed by atoms with Gasteiger partial charge in [-0.2, -0.15) is 0 Å². The number of hydrogen-bond donors (Lipinski definition) is 1. The SMILES string of the molecule is CCCOCC(=O)N1CCCC(N2CCNCC2=O)C1. The lowest BCUT2D eigenvalue weighted by Crippen LogP contribution is -2.57. The van der Waals surface area contributed by atoms with Crippen LogP contribution in [0.25, 0.3) is 0 Å². The van der Waals surface area contributed by atoms with Crippen molar-refractivity contribution in [2.45, 2.75) is 32.2 Å². The second-order valence-corrected chi connectivity index (χ2v) is 5.45. The van der Waals surface area contributed by atoms with Crippen LogP contribution in [0.3, 0.4) is 0 Å². The van der Waals surface area contributed by atoms with Crippen molar-refractivity contribution < 1.29 is 14.3 Å². The molecule has 2 saturated heterocycles. The van der Waals surface area contributed by atoms with Crippen LogP contribution in [0.15, 0.2) is 0 Å². The Balaban J connectivity index is 1.84. The molecule has 2 aliphatic heterocycles. The number of piperazine rings is 1.